The minimum atomic E-state index is 0. The molecule has 1 rings (SSSR count). The molecule has 0 amide bonds. The number of hydrogen-bond donors (Lipinski definition) is 0. The van der Waals surface area contributed by atoms with Gasteiger partial charge in [0.05, 0.1) is 0 Å². The molecule has 0 radical (unpaired) electrons. The number of rotatable bonds is 0. The van der Waals surface area contributed by atoms with Crippen LogP contribution < -0.4 is 24.8 Å². The van der Waals surface area contributed by atoms with Crippen LogP contribution in [0.1, 0.15) is 0 Å². The first-order chi connectivity index (χ1) is 3.79. The third kappa shape index (κ3) is 7.69. The van der Waals surface area contributed by atoms with E-state index < -0.39 is 0 Å². The second-order valence-corrected chi connectivity index (χ2v) is 2.79. The summed E-state index contributed by atoms with van der Waals surface area (Å²) in [5.41, 5.74) is 0. The van der Waals surface area contributed by atoms with Gasteiger partial charge >= 0.3 is 23.1 Å². The Morgan fingerprint density at radius 2 is 1.73 bits per heavy atom. The Morgan fingerprint density at radius 3 is 2.00 bits per heavy atom. The second-order valence-electron chi connectivity index (χ2n) is 1.44. The van der Waals surface area contributed by atoms with E-state index in [1.54, 1.807) is 0 Å². The summed E-state index contributed by atoms with van der Waals surface area (Å²) in [7, 11) is 0. The molecule has 0 saturated carbocycles. The second kappa shape index (κ2) is 9.42. The summed E-state index contributed by atoms with van der Waals surface area (Å²) in [5.74, 6) is 0. The molecule has 0 unspecified atom stereocenters. The molecule has 0 nitrogen and oxygen atoms in total. The predicted octanol–water partition coefficient (Wildman–Crippen LogP) is -3.27. The summed E-state index contributed by atoms with van der Waals surface area (Å²) in [6.07, 6.45) is 0. The number of hydrogen-bond acceptors (Lipinski definition) is 0. The minimum absolute atomic E-state index is 0. The van der Waals surface area contributed by atoms with Crippen LogP contribution in [0.15, 0.2) is 28.7 Å². The van der Waals surface area contributed by atoms with Crippen LogP contribution in [0.2, 0.25) is 5.02 Å². The third-order valence-electron chi connectivity index (χ3n) is 0.787. The van der Waals surface area contributed by atoms with Crippen LogP contribution in [-0.2, 0) is 0 Å². The molecule has 0 N–H and O–H groups in total. The van der Waals surface area contributed by atoms with Gasteiger partial charge in [0, 0.05) is 9.50 Å². The molecule has 0 aliphatic rings. The summed E-state index contributed by atoms with van der Waals surface area (Å²) < 4.78 is 1.02. The van der Waals surface area contributed by atoms with Crippen LogP contribution in [0.25, 0.3) is 0 Å². The average Bonchev–Trinajstić information content (AvgIpc) is 1.64. The van der Waals surface area contributed by atoms with Gasteiger partial charge in [-0.2, -0.15) is 0 Å². The standard InChI is InChI=1S/C6H4BrCl.2ClH.Mg/c7-5-2-1-3-6(8)4-5;;;/h1-4H;2*1H;/q;;;+2/p-2. The van der Waals surface area contributed by atoms with E-state index in [-0.39, 0.29) is 47.9 Å². The largest absolute Gasteiger partial charge is 2.00 e. The number of halogens is 4. The van der Waals surface area contributed by atoms with Gasteiger partial charge in [-0.3, -0.25) is 0 Å². The van der Waals surface area contributed by atoms with Crippen LogP contribution >= 0.6 is 27.5 Å². The van der Waals surface area contributed by atoms with Gasteiger partial charge < -0.3 is 24.8 Å². The van der Waals surface area contributed by atoms with Gasteiger partial charge in [-0.25, -0.2) is 0 Å². The van der Waals surface area contributed by atoms with Gasteiger partial charge in [0.1, 0.15) is 0 Å². The molecule has 1 aromatic rings. The fourth-order valence-electron chi connectivity index (χ4n) is 0.460. The molecule has 0 aliphatic heterocycles. The van der Waals surface area contributed by atoms with Crippen molar-refractivity contribution in [3.05, 3.63) is 33.8 Å². The Balaban J connectivity index is -0.000000213. The van der Waals surface area contributed by atoms with Crippen LogP contribution in [-0.4, -0.2) is 23.1 Å². The van der Waals surface area contributed by atoms with Crippen molar-refractivity contribution in [2.75, 3.05) is 0 Å². The monoisotopic (exact) mass is 284 g/mol. The van der Waals surface area contributed by atoms with Crippen LogP contribution in [0.4, 0.5) is 0 Å². The molecule has 0 spiro atoms. The summed E-state index contributed by atoms with van der Waals surface area (Å²) in [6.45, 7) is 0. The molecule has 11 heavy (non-hydrogen) atoms. The van der Waals surface area contributed by atoms with E-state index >= 15 is 0 Å². The van der Waals surface area contributed by atoms with E-state index in [2.05, 4.69) is 15.9 Å². The van der Waals surface area contributed by atoms with Gasteiger partial charge in [-0.15, -0.1) is 0 Å². The van der Waals surface area contributed by atoms with Crippen molar-refractivity contribution in [1.82, 2.24) is 0 Å². The van der Waals surface area contributed by atoms with Crippen molar-refractivity contribution in [3.8, 4) is 0 Å². The van der Waals surface area contributed by atoms with Crippen LogP contribution in [0.5, 0.6) is 0 Å². The van der Waals surface area contributed by atoms with E-state index in [1.165, 1.54) is 0 Å². The molecule has 5 heteroatoms. The van der Waals surface area contributed by atoms with E-state index in [0.29, 0.717) is 0 Å². The zero-order valence-corrected chi connectivity index (χ0v) is 10.8. The maximum atomic E-state index is 5.61. The van der Waals surface area contributed by atoms with E-state index in [1.807, 2.05) is 24.3 Å². The van der Waals surface area contributed by atoms with Crippen molar-refractivity contribution >= 4 is 50.6 Å². The molecule has 0 atom stereocenters. The van der Waals surface area contributed by atoms with Gasteiger partial charge in [-0.05, 0) is 18.2 Å². The SMILES string of the molecule is Clc1cccc(Br)c1.[Cl-].[Cl-].[Mg+2]. The summed E-state index contributed by atoms with van der Waals surface area (Å²) in [6, 6.07) is 7.52. The Hall–Kier alpha value is 1.34. The third-order valence-corrected chi connectivity index (χ3v) is 1.52. The first-order valence-corrected chi connectivity index (χ1v) is 3.37. The fourth-order valence-corrected chi connectivity index (χ4v) is 1.18. The first-order valence-electron chi connectivity index (χ1n) is 2.20. The zero-order valence-electron chi connectivity index (χ0n) is 5.53. The van der Waals surface area contributed by atoms with Gasteiger partial charge in [0.15, 0.2) is 0 Å². The first kappa shape index (κ1) is 18.2. The quantitative estimate of drug-likeness (QED) is 0.439. The smallest absolute Gasteiger partial charge is 1.00 e. The zero-order chi connectivity index (χ0) is 5.98. The summed E-state index contributed by atoms with van der Waals surface area (Å²) in [5, 5.41) is 0.763. The van der Waals surface area contributed by atoms with Crippen molar-refractivity contribution < 1.29 is 24.8 Å². The van der Waals surface area contributed by atoms with E-state index in [0.717, 1.165) is 9.50 Å². The Labute approximate surface area is 108 Å². The van der Waals surface area contributed by atoms with Crippen molar-refractivity contribution in [3.63, 3.8) is 0 Å². The molecule has 58 valence electrons. The van der Waals surface area contributed by atoms with Crippen molar-refractivity contribution in [1.29, 1.82) is 0 Å². The van der Waals surface area contributed by atoms with E-state index in [4.69, 9.17) is 11.6 Å². The maximum absolute atomic E-state index is 5.61. The topological polar surface area (TPSA) is 0 Å². The average molecular weight is 287 g/mol. The van der Waals surface area contributed by atoms with Crippen molar-refractivity contribution in [2.45, 2.75) is 0 Å². The van der Waals surface area contributed by atoms with Crippen molar-refractivity contribution in [2.24, 2.45) is 0 Å². The maximum Gasteiger partial charge on any atom is 2.00 e. The minimum Gasteiger partial charge on any atom is -1.00 e. The molecule has 0 saturated heterocycles. The van der Waals surface area contributed by atoms with Gasteiger partial charge in [-0.1, -0.05) is 33.6 Å². The predicted molar refractivity (Wildman–Crippen MR) is 44.9 cm³/mol. The van der Waals surface area contributed by atoms with Crippen LogP contribution in [0, 0.1) is 0 Å². The van der Waals surface area contributed by atoms with Gasteiger partial charge in [0.25, 0.3) is 0 Å². The Kier molecular flexibility index (Phi) is 15.6. The molecule has 0 heterocycles. The summed E-state index contributed by atoms with van der Waals surface area (Å²) >= 11 is 8.89. The molecule has 0 fully saturated rings. The fraction of sp³-hybridized carbons (Fsp3) is 0. The van der Waals surface area contributed by atoms with Crippen LogP contribution in [0.3, 0.4) is 0 Å². The normalized spacial score (nSPS) is 6.73. The molecule has 0 aliphatic carbocycles. The Morgan fingerprint density at radius 1 is 1.18 bits per heavy atom. The van der Waals surface area contributed by atoms with E-state index in [9.17, 15) is 0 Å². The molecule has 0 bridgehead atoms. The molecule has 1 aromatic carbocycles. The Bertz CT molecular complexity index is 178. The molecular weight excluding hydrogens is 283 g/mol. The molecular formula is C6H4BrCl3Mg. The van der Waals surface area contributed by atoms with Gasteiger partial charge in [0.2, 0.25) is 0 Å². The number of benzene rings is 1. The molecule has 0 aromatic heterocycles. The summed E-state index contributed by atoms with van der Waals surface area (Å²) in [4.78, 5) is 0.